The normalized spacial score (nSPS) is 12.4. The Hall–Kier alpha value is -1.98. The zero-order chi connectivity index (χ0) is 18.2. The second kappa shape index (κ2) is 9.35. The van der Waals surface area contributed by atoms with Crippen LogP contribution in [0.1, 0.15) is 40.4 Å². The van der Waals surface area contributed by atoms with Crippen LogP contribution in [0.2, 0.25) is 0 Å². The van der Waals surface area contributed by atoms with E-state index in [9.17, 15) is 4.79 Å². The summed E-state index contributed by atoms with van der Waals surface area (Å²) in [6, 6.07) is 3.83. The third-order valence-corrected chi connectivity index (χ3v) is 3.10. The fourth-order valence-corrected chi connectivity index (χ4v) is 2.08. The lowest BCUT2D eigenvalue weighted by atomic mass is 10.1. The smallest absolute Gasteiger partial charge is 0.240 e. The summed E-state index contributed by atoms with van der Waals surface area (Å²) in [6.07, 6.45) is 2.45. The number of likely N-dealkylation sites (N-methyl/N-ethyl adjacent to an activating group) is 1. The van der Waals surface area contributed by atoms with Crippen LogP contribution in [0.15, 0.2) is 27.8 Å². The van der Waals surface area contributed by atoms with Crippen LogP contribution in [0, 0.1) is 5.92 Å². The third kappa shape index (κ3) is 8.60. The first-order valence-corrected chi connectivity index (χ1v) is 8.50. The number of hydrogen-bond acceptors (Lipinski definition) is 3. The molecule has 2 N–H and O–H groups in total. The van der Waals surface area contributed by atoms with Gasteiger partial charge in [-0.2, -0.15) is 0 Å². The molecule has 1 amide bonds. The van der Waals surface area contributed by atoms with Gasteiger partial charge in [-0.15, -0.1) is 0 Å². The zero-order valence-electron chi connectivity index (χ0n) is 15.8. The molecule has 6 heteroatoms. The number of rotatable bonds is 7. The molecule has 24 heavy (non-hydrogen) atoms. The summed E-state index contributed by atoms with van der Waals surface area (Å²) in [4.78, 5) is 18.6. The molecular weight excluding hydrogens is 304 g/mol. The van der Waals surface area contributed by atoms with E-state index in [0.717, 1.165) is 18.1 Å². The van der Waals surface area contributed by atoms with Crippen LogP contribution in [0.4, 0.5) is 0 Å². The molecule has 6 nitrogen and oxygen atoms in total. The average Bonchev–Trinajstić information content (AvgIpc) is 2.92. The minimum absolute atomic E-state index is 0.0184. The highest BCUT2D eigenvalue weighted by Crippen LogP contribution is 2.01. The second-order valence-electron chi connectivity index (χ2n) is 7.47. The molecule has 0 atom stereocenters. The van der Waals surface area contributed by atoms with E-state index in [1.54, 1.807) is 6.26 Å². The Morgan fingerprint density at radius 2 is 2.08 bits per heavy atom. The van der Waals surface area contributed by atoms with Gasteiger partial charge in [0.15, 0.2) is 5.96 Å². The number of nitrogens with one attached hydrogen (secondary N) is 2. The molecule has 1 rings (SSSR count). The van der Waals surface area contributed by atoms with E-state index in [4.69, 9.17) is 4.42 Å². The standard InChI is InChI=1S/C18H32N4O2/c1-14(2)12-20-17(19-10-9-15-8-7-11-24-15)22(6)13-16(23)21-18(3,4)5/h7-8,11,14H,9-10,12-13H2,1-6H3,(H,19,20)(H,21,23). The van der Waals surface area contributed by atoms with Gasteiger partial charge in [-0.05, 0) is 38.8 Å². The lowest BCUT2D eigenvalue weighted by Crippen LogP contribution is -2.49. The van der Waals surface area contributed by atoms with Crippen molar-refractivity contribution in [3.8, 4) is 0 Å². The fourth-order valence-electron chi connectivity index (χ4n) is 2.08. The van der Waals surface area contributed by atoms with Gasteiger partial charge >= 0.3 is 0 Å². The Labute approximate surface area is 145 Å². The molecule has 0 unspecified atom stereocenters. The number of guanidine groups is 1. The monoisotopic (exact) mass is 336 g/mol. The molecule has 1 aromatic heterocycles. The van der Waals surface area contributed by atoms with E-state index in [0.29, 0.717) is 19.0 Å². The predicted molar refractivity (Wildman–Crippen MR) is 98.1 cm³/mol. The van der Waals surface area contributed by atoms with Crippen molar-refractivity contribution in [1.82, 2.24) is 15.5 Å². The minimum atomic E-state index is -0.236. The first-order chi connectivity index (χ1) is 11.2. The summed E-state index contributed by atoms with van der Waals surface area (Å²) in [5.74, 6) is 2.11. The Morgan fingerprint density at radius 1 is 1.38 bits per heavy atom. The Balaban J connectivity index is 2.59. The largest absolute Gasteiger partial charge is 0.469 e. The van der Waals surface area contributed by atoms with Crippen molar-refractivity contribution in [3.63, 3.8) is 0 Å². The van der Waals surface area contributed by atoms with Crippen LogP contribution in [0.5, 0.6) is 0 Å². The van der Waals surface area contributed by atoms with Crippen LogP contribution < -0.4 is 10.6 Å². The number of amides is 1. The van der Waals surface area contributed by atoms with Crippen LogP contribution in [-0.2, 0) is 11.2 Å². The summed E-state index contributed by atoms with van der Waals surface area (Å²) >= 11 is 0. The number of nitrogens with zero attached hydrogens (tertiary/aromatic N) is 2. The van der Waals surface area contributed by atoms with Gasteiger partial charge in [0.05, 0.1) is 12.8 Å². The summed E-state index contributed by atoms with van der Waals surface area (Å²) < 4.78 is 5.34. The number of aliphatic imine (C=N–C) groups is 1. The predicted octanol–water partition coefficient (Wildman–Crippen LogP) is 2.27. The van der Waals surface area contributed by atoms with Gasteiger partial charge in [0.1, 0.15) is 5.76 Å². The SMILES string of the molecule is CC(C)CN=C(NCCc1ccco1)N(C)CC(=O)NC(C)(C)C. The van der Waals surface area contributed by atoms with Gasteiger partial charge in [-0.25, -0.2) is 0 Å². The molecule has 0 radical (unpaired) electrons. The highest BCUT2D eigenvalue weighted by molar-refractivity contribution is 5.86. The van der Waals surface area contributed by atoms with E-state index < -0.39 is 0 Å². The Bertz CT molecular complexity index is 516. The van der Waals surface area contributed by atoms with Crippen molar-refractivity contribution in [3.05, 3.63) is 24.2 Å². The molecule has 0 saturated carbocycles. The molecule has 0 aromatic carbocycles. The molecule has 0 aliphatic rings. The van der Waals surface area contributed by atoms with Gasteiger partial charge in [-0.1, -0.05) is 13.8 Å². The molecule has 0 spiro atoms. The van der Waals surface area contributed by atoms with Crippen molar-refractivity contribution in [2.45, 2.75) is 46.6 Å². The van der Waals surface area contributed by atoms with Gasteiger partial charge in [0.2, 0.25) is 5.91 Å². The van der Waals surface area contributed by atoms with E-state index in [-0.39, 0.29) is 18.0 Å². The maximum atomic E-state index is 12.1. The molecule has 0 aliphatic heterocycles. The minimum Gasteiger partial charge on any atom is -0.469 e. The topological polar surface area (TPSA) is 69.9 Å². The highest BCUT2D eigenvalue weighted by Gasteiger charge is 2.17. The molecule has 0 aliphatic carbocycles. The molecule has 0 bridgehead atoms. The van der Waals surface area contributed by atoms with E-state index in [1.165, 1.54) is 0 Å². The third-order valence-electron chi connectivity index (χ3n) is 3.10. The molecule has 0 saturated heterocycles. The molecule has 1 aromatic rings. The maximum absolute atomic E-state index is 12.1. The average molecular weight is 336 g/mol. The number of carbonyl (C=O) groups excluding carboxylic acids is 1. The van der Waals surface area contributed by atoms with Gasteiger partial charge < -0.3 is 20.0 Å². The van der Waals surface area contributed by atoms with E-state index in [2.05, 4.69) is 29.5 Å². The Kier molecular flexibility index (Phi) is 7.82. The summed E-state index contributed by atoms with van der Waals surface area (Å²) in [6.45, 7) is 11.8. The van der Waals surface area contributed by atoms with E-state index in [1.807, 2.05) is 44.9 Å². The van der Waals surface area contributed by atoms with Crippen LogP contribution in [0.25, 0.3) is 0 Å². The maximum Gasteiger partial charge on any atom is 0.240 e. The van der Waals surface area contributed by atoms with Crippen molar-refractivity contribution in [2.24, 2.45) is 10.9 Å². The van der Waals surface area contributed by atoms with Crippen molar-refractivity contribution in [1.29, 1.82) is 0 Å². The fraction of sp³-hybridized carbons (Fsp3) is 0.667. The van der Waals surface area contributed by atoms with Crippen molar-refractivity contribution in [2.75, 3.05) is 26.7 Å². The number of carbonyl (C=O) groups is 1. The first-order valence-electron chi connectivity index (χ1n) is 8.50. The van der Waals surface area contributed by atoms with E-state index >= 15 is 0 Å². The molecule has 136 valence electrons. The summed E-state index contributed by atoms with van der Waals surface area (Å²) in [7, 11) is 1.88. The summed E-state index contributed by atoms with van der Waals surface area (Å²) in [5.41, 5.74) is -0.236. The molecule has 1 heterocycles. The molecule has 0 fully saturated rings. The Morgan fingerprint density at radius 3 is 2.62 bits per heavy atom. The lowest BCUT2D eigenvalue weighted by Gasteiger charge is -2.25. The van der Waals surface area contributed by atoms with Gasteiger partial charge in [-0.3, -0.25) is 9.79 Å². The van der Waals surface area contributed by atoms with Gasteiger partial charge in [0, 0.05) is 32.1 Å². The van der Waals surface area contributed by atoms with Crippen LogP contribution >= 0.6 is 0 Å². The highest BCUT2D eigenvalue weighted by atomic mass is 16.3. The lowest BCUT2D eigenvalue weighted by molar-refractivity contribution is -0.122. The van der Waals surface area contributed by atoms with Crippen LogP contribution in [-0.4, -0.2) is 49.0 Å². The summed E-state index contributed by atoms with van der Waals surface area (Å²) in [5, 5.41) is 6.29. The molecular formula is C18H32N4O2. The second-order valence-corrected chi connectivity index (χ2v) is 7.47. The number of furan rings is 1. The zero-order valence-corrected chi connectivity index (χ0v) is 15.8. The van der Waals surface area contributed by atoms with Crippen molar-refractivity contribution >= 4 is 11.9 Å². The van der Waals surface area contributed by atoms with Crippen LogP contribution in [0.3, 0.4) is 0 Å². The number of hydrogen-bond donors (Lipinski definition) is 2. The quantitative estimate of drug-likeness (QED) is 0.592. The van der Waals surface area contributed by atoms with Gasteiger partial charge in [0.25, 0.3) is 0 Å². The first kappa shape index (κ1) is 20.1. The van der Waals surface area contributed by atoms with Crippen molar-refractivity contribution < 1.29 is 9.21 Å².